The average Bonchev–Trinajstić information content (AvgIpc) is 2.73. The van der Waals surface area contributed by atoms with Crippen molar-refractivity contribution in [2.75, 3.05) is 13.2 Å². The third-order valence-corrected chi connectivity index (χ3v) is 5.21. The Morgan fingerprint density at radius 2 is 1.88 bits per heavy atom. The normalized spacial score (nSPS) is 17.4. The molecule has 0 saturated carbocycles. The van der Waals surface area contributed by atoms with Crippen LogP contribution in [0, 0.1) is 0 Å². The Kier molecular flexibility index (Phi) is 4.67. The molecule has 0 radical (unpaired) electrons. The minimum absolute atomic E-state index is 0.00587. The summed E-state index contributed by atoms with van der Waals surface area (Å²) in [5.74, 6) is 0.00587. The van der Waals surface area contributed by atoms with E-state index in [9.17, 15) is 9.90 Å². The second-order valence-electron chi connectivity index (χ2n) is 6.82. The van der Waals surface area contributed by atoms with Crippen molar-refractivity contribution in [1.29, 1.82) is 0 Å². The molecule has 2 aromatic carbocycles. The molecule has 4 heteroatoms. The lowest BCUT2D eigenvalue weighted by molar-refractivity contribution is 0.0503. The third kappa shape index (κ3) is 3.08. The van der Waals surface area contributed by atoms with Crippen LogP contribution in [0.3, 0.4) is 0 Å². The van der Waals surface area contributed by atoms with E-state index in [1.165, 1.54) is 0 Å². The highest BCUT2D eigenvalue weighted by molar-refractivity contribution is 5.98. The van der Waals surface area contributed by atoms with Gasteiger partial charge in [-0.3, -0.25) is 9.78 Å². The van der Waals surface area contributed by atoms with Gasteiger partial charge in [0.1, 0.15) is 0 Å². The first-order valence-corrected chi connectivity index (χ1v) is 9.13. The number of likely N-dealkylation sites (tertiary alicyclic amines) is 1. The van der Waals surface area contributed by atoms with Gasteiger partial charge < -0.3 is 10.0 Å². The fourth-order valence-electron chi connectivity index (χ4n) is 3.76. The van der Waals surface area contributed by atoms with Crippen molar-refractivity contribution < 1.29 is 9.90 Å². The maximum absolute atomic E-state index is 12.8. The Labute approximate surface area is 153 Å². The summed E-state index contributed by atoms with van der Waals surface area (Å²) in [5.41, 5.74) is 2.78. The van der Waals surface area contributed by atoms with Gasteiger partial charge in [0.05, 0.1) is 12.6 Å². The van der Waals surface area contributed by atoms with Crippen LogP contribution in [0.25, 0.3) is 21.9 Å². The van der Waals surface area contributed by atoms with Gasteiger partial charge >= 0.3 is 0 Å². The second-order valence-corrected chi connectivity index (χ2v) is 6.82. The summed E-state index contributed by atoms with van der Waals surface area (Å²) in [6.07, 6.45) is 6.68. The molecule has 1 aromatic heterocycles. The van der Waals surface area contributed by atoms with E-state index in [4.69, 9.17) is 0 Å². The van der Waals surface area contributed by atoms with Gasteiger partial charge in [-0.05, 0) is 42.3 Å². The summed E-state index contributed by atoms with van der Waals surface area (Å²) in [5, 5.41) is 11.8. The van der Waals surface area contributed by atoms with Crippen LogP contribution in [-0.2, 0) is 0 Å². The van der Waals surface area contributed by atoms with Gasteiger partial charge in [-0.15, -0.1) is 0 Å². The van der Waals surface area contributed by atoms with Crippen molar-refractivity contribution in [2.45, 2.75) is 25.3 Å². The largest absolute Gasteiger partial charge is 0.394 e. The van der Waals surface area contributed by atoms with Crippen LogP contribution >= 0.6 is 0 Å². The number of benzene rings is 2. The Bertz CT molecular complexity index is 916. The van der Waals surface area contributed by atoms with E-state index >= 15 is 0 Å². The molecule has 1 amide bonds. The number of rotatable bonds is 3. The van der Waals surface area contributed by atoms with Gasteiger partial charge in [0.25, 0.3) is 5.91 Å². The molecule has 4 rings (SSSR count). The molecule has 3 aromatic rings. The summed E-state index contributed by atoms with van der Waals surface area (Å²) >= 11 is 0. The number of carbonyl (C=O) groups excluding carboxylic acids is 1. The molecule has 2 heterocycles. The van der Waals surface area contributed by atoms with Gasteiger partial charge in [0.15, 0.2) is 0 Å². The summed E-state index contributed by atoms with van der Waals surface area (Å²) in [6, 6.07) is 15.8. The number of hydrogen-bond donors (Lipinski definition) is 1. The molecule has 1 aliphatic heterocycles. The number of aliphatic hydroxyl groups excluding tert-OH is 1. The van der Waals surface area contributed by atoms with Gasteiger partial charge in [-0.1, -0.05) is 36.4 Å². The highest BCUT2D eigenvalue weighted by Crippen LogP contribution is 2.28. The fourth-order valence-corrected chi connectivity index (χ4v) is 3.76. The number of aromatic nitrogens is 1. The van der Waals surface area contributed by atoms with E-state index in [1.54, 1.807) is 0 Å². The van der Waals surface area contributed by atoms with E-state index < -0.39 is 0 Å². The Morgan fingerprint density at radius 3 is 2.69 bits per heavy atom. The summed E-state index contributed by atoms with van der Waals surface area (Å²) < 4.78 is 0. The topological polar surface area (TPSA) is 53.4 Å². The van der Waals surface area contributed by atoms with Gasteiger partial charge in [-0.2, -0.15) is 0 Å². The van der Waals surface area contributed by atoms with Crippen LogP contribution in [0.2, 0.25) is 0 Å². The first-order chi connectivity index (χ1) is 12.8. The monoisotopic (exact) mass is 346 g/mol. The molecule has 0 bridgehead atoms. The van der Waals surface area contributed by atoms with Gasteiger partial charge in [-0.25, -0.2) is 0 Å². The molecule has 1 atom stereocenters. The van der Waals surface area contributed by atoms with Crippen molar-refractivity contribution in [3.05, 3.63) is 66.5 Å². The lowest BCUT2D eigenvalue weighted by Gasteiger charge is -2.34. The molecular weight excluding hydrogens is 324 g/mol. The van der Waals surface area contributed by atoms with E-state index in [0.717, 1.165) is 47.7 Å². The highest BCUT2D eigenvalue weighted by atomic mass is 16.3. The van der Waals surface area contributed by atoms with Crippen molar-refractivity contribution in [3.8, 4) is 11.1 Å². The number of pyridine rings is 1. The fraction of sp³-hybridized carbons (Fsp3) is 0.273. The minimum atomic E-state index is -0.0572. The molecule has 26 heavy (non-hydrogen) atoms. The quantitative estimate of drug-likeness (QED) is 0.783. The number of carbonyl (C=O) groups is 1. The van der Waals surface area contributed by atoms with Crippen LogP contribution in [-0.4, -0.2) is 40.1 Å². The van der Waals surface area contributed by atoms with E-state index in [2.05, 4.69) is 17.1 Å². The first kappa shape index (κ1) is 16.7. The van der Waals surface area contributed by atoms with Gasteiger partial charge in [0, 0.05) is 35.5 Å². The van der Waals surface area contributed by atoms with Crippen LogP contribution < -0.4 is 0 Å². The summed E-state index contributed by atoms with van der Waals surface area (Å²) in [4.78, 5) is 19.0. The van der Waals surface area contributed by atoms with E-state index in [1.807, 2.05) is 53.7 Å². The lowest BCUT2D eigenvalue weighted by Crippen LogP contribution is -2.45. The number of nitrogens with zero attached hydrogens (tertiary/aromatic N) is 2. The predicted molar refractivity (Wildman–Crippen MR) is 103 cm³/mol. The number of fused-ring (bicyclic) bond motifs is 1. The molecule has 1 fully saturated rings. The molecule has 0 aliphatic carbocycles. The molecule has 1 saturated heterocycles. The van der Waals surface area contributed by atoms with Crippen molar-refractivity contribution in [3.63, 3.8) is 0 Å². The molecule has 1 unspecified atom stereocenters. The Hall–Kier alpha value is -2.72. The molecular formula is C22H22N2O2. The van der Waals surface area contributed by atoms with E-state index in [-0.39, 0.29) is 18.6 Å². The van der Waals surface area contributed by atoms with Crippen LogP contribution in [0.15, 0.2) is 60.9 Å². The number of hydrogen-bond acceptors (Lipinski definition) is 3. The van der Waals surface area contributed by atoms with Gasteiger partial charge in [0.2, 0.25) is 0 Å². The lowest BCUT2D eigenvalue weighted by atomic mass is 9.98. The maximum atomic E-state index is 12.8. The smallest absolute Gasteiger partial charge is 0.254 e. The number of aliphatic hydroxyl groups is 1. The average molecular weight is 346 g/mol. The van der Waals surface area contributed by atoms with E-state index in [0.29, 0.717) is 5.56 Å². The third-order valence-electron chi connectivity index (χ3n) is 5.21. The van der Waals surface area contributed by atoms with Crippen LogP contribution in [0.4, 0.5) is 0 Å². The molecule has 4 nitrogen and oxygen atoms in total. The Morgan fingerprint density at radius 1 is 1.08 bits per heavy atom. The van der Waals surface area contributed by atoms with Crippen molar-refractivity contribution >= 4 is 16.7 Å². The highest BCUT2D eigenvalue weighted by Gasteiger charge is 2.26. The van der Waals surface area contributed by atoms with Crippen molar-refractivity contribution in [1.82, 2.24) is 9.88 Å². The Balaban J connectivity index is 1.63. The standard InChI is InChI=1S/C22H22N2O2/c25-15-19-6-3-4-12-24(19)22(26)17-10-8-16(9-11-17)21-14-23-13-18-5-1-2-7-20(18)21/h1-2,5,7-11,13-14,19,25H,3-4,6,12,15H2. The zero-order valence-electron chi connectivity index (χ0n) is 14.6. The SMILES string of the molecule is O=C(c1ccc(-c2cncc3ccccc23)cc1)N1CCCCC1CO. The van der Waals surface area contributed by atoms with Crippen molar-refractivity contribution in [2.24, 2.45) is 0 Å². The maximum Gasteiger partial charge on any atom is 0.254 e. The predicted octanol–water partition coefficient (Wildman–Crippen LogP) is 3.89. The summed E-state index contributed by atoms with van der Waals surface area (Å²) in [7, 11) is 0. The zero-order chi connectivity index (χ0) is 17.9. The summed E-state index contributed by atoms with van der Waals surface area (Å²) in [6.45, 7) is 0.755. The molecule has 0 spiro atoms. The number of amides is 1. The molecule has 1 N–H and O–H groups in total. The van der Waals surface area contributed by atoms with Crippen LogP contribution in [0.5, 0.6) is 0 Å². The second kappa shape index (κ2) is 7.26. The minimum Gasteiger partial charge on any atom is -0.394 e. The first-order valence-electron chi connectivity index (χ1n) is 9.13. The number of piperidine rings is 1. The van der Waals surface area contributed by atoms with Crippen LogP contribution in [0.1, 0.15) is 29.6 Å². The zero-order valence-corrected chi connectivity index (χ0v) is 14.6. The molecule has 132 valence electrons. The molecule has 1 aliphatic rings.